The van der Waals surface area contributed by atoms with Gasteiger partial charge in [0, 0.05) is 18.7 Å². The van der Waals surface area contributed by atoms with Gasteiger partial charge in [0.1, 0.15) is 0 Å². The maximum Gasteiger partial charge on any atom is 0.235 e. The van der Waals surface area contributed by atoms with Gasteiger partial charge in [0.05, 0.1) is 11.4 Å². The molecule has 2 aromatic rings. The van der Waals surface area contributed by atoms with Crippen LogP contribution in [0.4, 0.5) is 11.4 Å². The molecular weight excluding hydrogens is 360 g/mol. The lowest BCUT2D eigenvalue weighted by Crippen LogP contribution is -2.32. The average Bonchev–Trinajstić information content (AvgIpc) is 3.05. The van der Waals surface area contributed by atoms with E-state index in [0.29, 0.717) is 18.7 Å². The van der Waals surface area contributed by atoms with Crippen LogP contribution in [0.5, 0.6) is 0 Å². The molecule has 0 aromatic heterocycles. The number of rotatable bonds is 5. The number of carbonyl (C=O) groups is 1. The van der Waals surface area contributed by atoms with Gasteiger partial charge in [0.15, 0.2) is 0 Å². The van der Waals surface area contributed by atoms with Crippen molar-refractivity contribution in [1.82, 2.24) is 0 Å². The van der Waals surface area contributed by atoms with E-state index in [1.807, 2.05) is 48.5 Å². The number of amides is 1. The van der Waals surface area contributed by atoms with E-state index in [1.54, 1.807) is 0 Å². The number of nitrogens with one attached hydrogen (secondary N) is 1. The summed E-state index contributed by atoms with van der Waals surface area (Å²) in [5.74, 6) is -0.498. The van der Waals surface area contributed by atoms with E-state index in [9.17, 15) is 13.2 Å². The van der Waals surface area contributed by atoms with Gasteiger partial charge in [0.25, 0.3) is 0 Å². The van der Waals surface area contributed by atoms with Crippen LogP contribution < -0.4 is 9.62 Å². The van der Waals surface area contributed by atoms with Gasteiger partial charge in [-0.05, 0) is 41.2 Å². The SMILES string of the molecule is CC(C)(C)c1ccc(NC(=O)CCS(=O)(=O)N2CCc3ccccc32)cc1. The maximum atomic E-state index is 12.7. The molecule has 6 heteroatoms. The van der Waals surface area contributed by atoms with Crippen molar-refractivity contribution in [1.29, 1.82) is 0 Å². The fourth-order valence-electron chi connectivity index (χ4n) is 3.21. The van der Waals surface area contributed by atoms with Gasteiger partial charge in [-0.15, -0.1) is 0 Å². The number of sulfonamides is 1. The molecule has 0 fully saturated rings. The Hall–Kier alpha value is -2.34. The summed E-state index contributed by atoms with van der Waals surface area (Å²) in [6.07, 6.45) is 0.643. The molecule has 0 saturated heterocycles. The highest BCUT2D eigenvalue weighted by atomic mass is 32.2. The van der Waals surface area contributed by atoms with Gasteiger partial charge in [0.2, 0.25) is 15.9 Å². The van der Waals surface area contributed by atoms with Crippen LogP contribution in [0, 0.1) is 0 Å². The second-order valence-corrected chi connectivity index (χ2v) is 9.91. The minimum atomic E-state index is -3.51. The molecule has 0 aliphatic carbocycles. The Morgan fingerprint density at radius 1 is 1.07 bits per heavy atom. The molecule has 5 nitrogen and oxygen atoms in total. The average molecular weight is 387 g/mol. The van der Waals surface area contributed by atoms with Crippen molar-refractivity contribution in [2.24, 2.45) is 0 Å². The third kappa shape index (κ3) is 4.50. The summed E-state index contributed by atoms with van der Waals surface area (Å²) in [5, 5.41) is 2.78. The Balaban J connectivity index is 1.59. The number of nitrogens with zero attached hydrogens (tertiary/aromatic N) is 1. The molecule has 0 bridgehead atoms. The Bertz CT molecular complexity index is 929. The van der Waals surface area contributed by atoms with Crippen LogP contribution in [0.1, 0.15) is 38.3 Å². The summed E-state index contributed by atoms with van der Waals surface area (Å²) in [4.78, 5) is 12.2. The summed E-state index contributed by atoms with van der Waals surface area (Å²) >= 11 is 0. The van der Waals surface area contributed by atoms with Crippen LogP contribution in [0.3, 0.4) is 0 Å². The molecule has 27 heavy (non-hydrogen) atoms. The van der Waals surface area contributed by atoms with Gasteiger partial charge in [-0.3, -0.25) is 9.10 Å². The molecule has 1 aliphatic rings. The molecule has 1 heterocycles. The lowest BCUT2D eigenvalue weighted by molar-refractivity contribution is -0.115. The Labute approximate surface area is 161 Å². The summed E-state index contributed by atoms with van der Waals surface area (Å²) in [5.41, 5.74) is 3.66. The Morgan fingerprint density at radius 3 is 2.41 bits per heavy atom. The van der Waals surface area contributed by atoms with Crippen molar-refractivity contribution >= 4 is 27.3 Å². The van der Waals surface area contributed by atoms with Crippen LogP contribution in [-0.2, 0) is 26.7 Å². The van der Waals surface area contributed by atoms with E-state index in [1.165, 1.54) is 9.87 Å². The molecule has 2 aromatic carbocycles. The molecule has 0 radical (unpaired) electrons. The first-order chi connectivity index (χ1) is 12.7. The number of hydrogen-bond acceptors (Lipinski definition) is 3. The molecule has 0 spiro atoms. The zero-order valence-corrected chi connectivity index (χ0v) is 16.8. The van der Waals surface area contributed by atoms with Gasteiger partial charge < -0.3 is 5.32 Å². The lowest BCUT2D eigenvalue weighted by atomic mass is 9.87. The molecule has 0 atom stereocenters. The highest BCUT2D eigenvalue weighted by molar-refractivity contribution is 7.92. The smallest absolute Gasteiger partial charge is 0.235 e. The van der Waals surface area contributed by atoms with Crippen LogP contribution in [0.25, 0.3) is 0 Å². The van der Waals surface area contributed by atoms with E-state index in [4.69, 9.17) is 0 Å². The first-order valence-corrected chi connectivity index (χ1v) is 10.8. The molecular formula is C21H26N2O3S. The number of anilines is 2. The first kappa shape index (κ1) is 19.4. The number of fused-ring (bicyclic) bond motifs is 1. The van der Waals surface area contributed by atoms with Crippen LogP contribution >= 0.6 is 0 Å². The van der Waals surface area contributed by atoms with Gasteiger partial charge >= 0.3 is 0 Å². The molecule has 144 valence electrons. The third-order valence-electron chi connectivity index (χ3n) is 4.80. The molecule has 1 N–H and O–H groups in total. The van der Waals surface area contributed by atoms with E-state index in [2.05, 4.69) is 26.1 Å². The monoisotopic (exact) mass is 386 g/mol. The van der Waals surface area contributed by atoms with Gasteiger partial charge in [-0.1, -0.05) is 51.1 Å². The van der Waals surface area contributed by atoms with Crippen molar-refractivity contribution in [3.8, 4) is 0 Å². The molecule has 0 unspecified atom stereocenters. The normalized spacial score (nSPS) is 14.1. The van der Waals surface area contributed by atoms with Crippen molar-refractivity contribution in [2.75, 3.05) is 21.9 Å². The highest BCUT2D eigenvalue weighted by Crippen LogP contribution is 2.30. The standard InChI is InChI=1S/C21H26N2O3S/c1-21(2,3)17-8-10-18(11-9-17)22-20(24)13-15-27(25,26)23-14-12-16-6-4-5-7-19(16)23/h4-11H,12-15H2,1-3H3,(H,22,24). The maximum absolute atomic E-state index is 12.7. The summed E-state index contributed by atoms with van der Waals surface area (Å²) in [6.45, 7) is 6.82. The minimum absolute atomic E-state index is 0.0443. The number of hydrogen-bond donors (Lipinski definition) is 1. The second-order valence-electron chi connectivity index (χ2n) is 7.89. The molecule has 3 rings (SSSR count). The summed E-state index contributed by atoms with van der Waals surface area (Å²) in [7, 11) is -3.51. The van der Waals surface area contributed by atoms with E-state index in [0.717, 1.165) is 11.3 Å². The number of carbonyl (C=O) groups excluding carboxylic acids is 1. The van der Waals surface area contributed by atoms with Crippen molar-refractivity contribution in [2.45, 2.75) is 39.0 Å². The van der Waals surface area contributed by atoms with Gasteiger partial charge in [-0.25, -0.2) is 8.42 Å². The van der Waals surface area contributed by atoms with Crippen LogP contribution in [0.2, 0.25) is 0 Å². The predicted molar refractivity (Wildman–Crippen MR) is 110 cm³/mol. The lowest BCUT2D eigenvalue weighted by Gasteiger charge is -2.20. The largest absolute Gasteiger partial charge is 0.326 e. The van der Waals surface area contributed by atoms with Crippen molar-refractivity contribution in [3.63, 3.8) is 0 Å². The fraction of sp³-hybridized carbons (Fsp3) is 0.381. The molecule has 1 amide bonds. The van der Waals surface area contributed by atoms with Crippen molar-refractivity contribution in [3.05, 3.63) is 59.7 Å². The van der Waals surface area contributed by atoms with E-state index >= 15 is 0 Å². The second kappa shape index (κ2) is 7.35. The van der Waals surface area contributed by atoms with Gasteiger partial charge in [-0.2, -0.15) is 0 Å². The Kier molecular flexibility index (Phi) is 5.29. The van der Waals surface area contributed by atoms with Crippen molar-refractivity contribution < 1.29 is 13.2 Å². The topological polar surface area (TPSA) is 66.5 Å². The first-order valence-electron chi connectivity index (χ1n) is 9.15. The predicted octanol–water partition coefficient (Wildman–Crippen LogP) is 3.71. The number of benzene rings is 2. The quantitative estimate of drug-likeness (QED) is 0.852. The molecule has 0 saturated carbocycles. The fourth-order valence-corrected chi connectivity index (χ4v) is 4.72. The van der Waals surface area contributed by atoms with E-state index < -0.39 is 10.0 Å². The summed E-state index contributed by atoms with van der Waals surface area (Å²) in [6, 6.07) is 15.2. The van der Waals surface area contributed by atoms with Crippen LogP contribution in [-0.4, -0.2) is 26.6 Å². The molecule has 1 aliphatic heterocycles. The highest BCUT2D eigenvalue weighted by Gasteiger charge is 2.29. The Morgan fingerprint density at radius 2 is 1.74 bits per heavy atom. The zero-order valence-electron chi connectivity index (χ0n) is 16.0. The minimum Gasteiger partial charge on any atom is -0.326 e. The zero-order chi connectivity index (χ0) is 19.7. The van der Waals surface area contributed by atoms with E-state index in [-0.39, 0.29) is 23.5 Å². The number of para-hydroxylation sites is 1. The third-order valence-corrected chi connectivity index (χ3v) is 6.57. The summed E-state index contributed by atoms with van der Waals surface area (Å²) < 4.78 is 26.7. The van der Waals surface area contributed by atoms with Crippen LogP contribution in [0.15, 0.2) is 48.5 Å².